The summed E-state index contributed by atoms with van der Waals surface area (Å²) in [6.45, 7) is 7.61. The smallest absolute Gasteiger partial charge is 0.239 e. The molecular weight excluding hydrogens is 230 g/mol. The molecule has 2 aliphatic rings. The van der Waals surface area contributed by atoms with E-state index in [2.05, 4.69) is 17.1 Å². The number of hydrogen-bond acceptors (Lipinski definition) is 4. The molecule has 0 radical (unpaired) electrons. The van der Waals surface area contributed by atoms with Crippen molar-refractivity contribution >= 4 is 5.91 Å². The Hall–Kier alpha value is -0.650. The molecule has 2 fully saturated rings. The first-order valence-corrected chi connectivity index (χ1v) is 7.04. The van der Waals surface area contributed by atoms with E-state index in [1.54, 1.807) is 0 Å². The monoisotopic (exact) mass is 255 g/mol. The molecule has 1 amide bonds. The molecule has 18 heavy (non-hydrogen) atoms. The number of carbonyl (C=O) groups excluding carboxylic acids is 1. The van der Waals surface area contributed by atoms with Gasteiger partial charge in [0.15, 0.2) is 0 Å². The van der Waals surface area contributed by atoms with E-state index in [-0.39, 0.29) is 18.1 Å². The Balaban J connectivity index is 1.86. The van der Waals surface area contributed by atoms with Gasteiger partial charge in [-0.1, -0.05) is 6.92 Å². The molecule has 0 spiro atoms. The van der Waals surface area contributed by atoms with Crippen LogP contribution in [0.15, 0.2) is 0 Å². The highest BCUT2D eigenvalue weighted by molar-refractivity contribution is 5.82. The van der Waals surface area contributed by atoms with Gasteiger partial charge in [-0.3, -0.25) is 9.69 Å². The summed E-state index contributed by atoms with van der Waals surface area (Å²) in [7, 11) is 1.86. The maximum atomic E-state index is 12.2. The summed E-state index contributed by atoms with van der Waals surface area (Å²) in [6.07, 6.45) is 2.22. The van der Waals surface area contributed by atoms with Crippen LogP contribution in [-0.4, -0.2) is 74.2 Å². The number of nitrogens with zero attached hydrogens (tertiary/aromatic N) is 2. The van der Waals surface area contributed by atoms with E-state index in [1.807, 2.05) is 11.9 Å². The summed E-state index contributed by atoms with van der Waals surface area (Å²) >= 11 is 0. The second-order valence-corrected chi connectivity index (χ2v) is 5.15. The third kappa shape index (κ3) is 3.22. The fourth-order valence-electron chi connectivity index (χ4n) is 2.81. The number of ether oxygens (including phenoxy) is 1. The Morgan fingerprint density at radius 1 is 1.44 bits per heavy atom. The number of piperidine rings is 1. The molecule has 0 bridgehead atoms. The van der Waals surface area contributed by atoms with Crippen LogP contribution in [0.5, 0.6) is 0 Å². The minimum absolute atomic E-state index is 0.00428. The van der Waals surface area contributed by atoms with Gasteiger partial charge in [-0.2, -0.15) is 0 Å². The summed E-state index contributed by atoms with van der Waals surface area (Å²) in [4.78, 5) is 16.5. The van der Waals surface area contributed by atoms with Gasteiger partial charge in [0.2, 0.25) is 5.91 Å². The van der Waals surface area contributed by atoms with Crippen LogP contribution in [0.4, 0.5) is 0 Å². The Labute approximate surface area is 109 Å². The predicted octanol–water partition coefficient (Wildman–Crippen LogP) is -0.0825. The number of morpholine rings is 1. The number of carbonyl (C=O) groups is 1. The van der Waals surface area contributed by atoms with Gasteiger partial charge in [-0.05, 0) is 26.4 Å². The van der Waals surface area contributed by atoms with E-state index in [0.717, 1.165) is 52.2 Å². The summed E-state index contributed by atoms with van der Waals surface area (Å²) in [5.41, 5.74) is 0. The van der Waals surface area contributed by atoms with Crippen LogP contribution in [-0.2, 0) is 9.53 Å². The lowest BCUT2D eigenvalue weighted by molar-refractivity contribution is -0.139. The predicted molar refractivity (Wildman–Crippen MR) is 70.5 cm³/mol. The zero-order valence-corrected chi connectivity index (χ0v) is 11.5. The van der Waals surface area contributed by atoms with Crippen LogP contribution in [0.1, 0.15) is 19.8 Å². The van der Waals surface area contributed by atoms with Crippen LogP contribution < -0.4 is 5.32 Å². The lowest BCUT2D eigenvalue weighted by atomic mass is 10.0. The zero-order chi connectivity index (χ0) is 13.0. The normalized spacial score (nSPS) is 30.8. The minimum Gasteiger partial charge on any atom is -0.374 e. The van der Waals surface area contributed by atoms with Gasteiger partial charge in [0, 0.05) is 26.2 Å². The number of likely N-dealkylation sites (tertiary alicyclic amines) is 1. The van der Waals surface area contributed by atoms with Gasteiger partial charge in [0.1, 0.15) is 0 Å². The van der Waals surface area contributed by atoms with Crippen LogP contribution in [0.25, 0.3) is 0 Å². The van der Waals surface area contributed by atoms with E-state index in [9.17, 15) is 4.79 Å². The third-order valence-electron chi connectivity index (χ3n) is 3.97. The van der Waals surface area contributed by atoms with Crippen LogP contribution in [0.3, 0.4) is 0 Å². The first-order chi connectivity index (χ1) is 8.74. The van der Waals surface area contributed by atoms with Crippen molar-refractivity contribution in [2.24, 2.45) is 0 Å². The molecular formula is C13H25N3O2. The maximum Gasteiger partial charge on any atom is 0.239 e. The van der Waals surface area contributed by atoms with Gasteiger partial charge < -0.3 is 15.0 Å². The second kappa shape index (κ2) is 6.50. The molecule has 2 aliphatic heterocycles. The third-order valence-corrected chi connectivity index (χ3v) is 3.97. The van der Waals surface area contributed by atoms with Crippen molar-refractivity contribution in [1.29, 1.82) is 0 Å². The summed E-state index contributed by atoms with van der Waals surface area (Å²) in [5, 5.41) is 3.10. The highest BCUT2D eigenvalue weighted by atomic mass is 16.5. The average molecular weight is 255 g/mol. The molecule has 104 valence electrons. The van der Waals surface area contributed by atoms with Gasteiger partial charge in [0.25, 0.3) is 0 Å². The number of amides is 1. The van der Waals surface area contributed by atoms with Crippen molar-refractivity contribution in [3.8, 4) is 0 Å². The Kier molecular flexibility index (Phi) is 4.97. The van der Waals surface area contributed by atoms with Crippen molar-refractivity contribution in [2.45, 2.75) is 31.9 Å². The van der Waals surface area contributed by atoms with Crippen molar-refractivity contribution in [3.63, 3.8) is 0 Å². The van der Waals surface area contributed by atoms with Crippen LogP contribution in [0, 0.1) is 0 Å². The van der Waals surface area contributed by atoms with E-state index in [4.69, 9.17) is 4.74 Å². The van der Waals surface area contributed by atoms with Crippen LogP contribution >= 0.6 is 0 Å². The van der Waals surface area contributed by atoms with Crippen molar-refractivity contribution in [3.05, 3.63) is 0 Å². The molecule has 5 heteroatoms. The van der Waals surface area contributed by atoms with Gasteiger partial charge in [-0.25, -0.2) is 0 Å². The molecule has 0 aromatic rings. The maximum absolute atomic E-state index is 12.2. The molecule has 1 N–H and O–H groups in total. The largest absolute Gasteiger partial charge is 0.374 e. The highest BCUT2D eigenvalue weighted by Gasteiger charge is 2.30. The van der Waals surface area contributed by atoms with E-state index < -0.39 is 0 Å². The van der Waals surface area contributed by atoms with Gasteiger partial charge in [0.05, 0.1) is 18.8 Å². The molecule has 2 unspecified atom stereocenters. The second-order valence-electron chi connectivity index (χ2n) is 5.15. The lowest BCUT2D eigenvalue weighted by Gasteiger charge is -2.38. The first kappa shape index (κ1) is 13.8. The summed E-state index contributed by atoms with van der Waals surface area (Å²) in [5.74, 6) is 0.237. The highest BCUT2D eigenvalue weighted by Crippen LogP contribution is 2.14. The topological polar surface area (TPSA) is 44.8 Å². The fourth-order valence-corrected chi connectivity index (χ4v) is 2.81. The Morgan fingerprint density at radius 3 is 3.00 bits per heavy atom. The fraction of sp³-hybridized carbons (Fsp3) is 0.923. The molecule has 2 heterocycles. The molecule has 2 rings (SSSR count). The molecule has 5 nitrogen and oxygen atoms in total. The van der Waals surface area contributed by atoms with Gasteiger partial charge >= 0.3 is 0 Å². The van der Waals surface area contributed by atoms with Crippen molar-refractivity contribution in [1.82, 2.24) is 15.1 Å². The summed E-state index contributed by atoms with van der Waals surface area (Å²) in [6, 6.07) is 0.00428. The minimum atomic E-state index is 0.00428. The molecule has 0 aliphatic carbocycles. The molecule has 0 aromatic carbocycles. The standard InChI is InChI=1S/C13H25N3O2/c1-3-15-7-8-18-11(9-15)10-16-6-4-5-12(14-2)13(16)17/h11-12,14H,3-10H2,1-2H3. The molecule has 2 saturated heterocycles. The van der Waals surface area contributed by atoms with E-state index >= 15 is 0 Å². The quantitative estimate of drug-likeness (QED) is 0.763. The molecule has 2 atom stereocenters. The number of nitrogens with one attached hydrogen (secondary N) is 1. The number of rotatable bonds is 4. The molecule has 0 aromatic heterocycles. The van der Waals surface area contributed by atoms with Crippen molar-refractivity contribution < 1.29 is 9.53 Å². The Morgan fingerprint density at radius 2 is 2.28 bits per heavy atom. The Bertz CT molecular complexity index is 285. The average Bonchev–Trinajstić information content (AvgIpc) is 2.41. The number of likely N-dealkylation sites (N-methyl/N-ethyl adjacent to an activating group) is 2. The lowest BCUT2D eigenvalue weighted by Crippen LogP contribution is -2.54. The van der Waals surface area contributed by atoms with Crippen LogP contribution in [0.2, 0.25) is 0 Å². The zero-order valence-electron chi connectivity index (χ0n) is 11.5. The van der Waals surface area contributed by atoms with Crippen molar-refractivity contribution in [2.75, 3.05) is 46.4 Å². The first-order valence-electron chi connectivity index (χ1n) is 7.04. The van der Waals surface area contributed by atoms with E-state index in [0.29, 0.717) is 0 Å². The number of hydrogen-bond donors (Lipinski definition) is 1. The SMILES string of the molecule is CCN1CCOC(CN2CCCC(NC)C2=O)C1. The van der Waals surface area contributed by atoms with E-state index in [1.165, 1.54) is 0 Å². The molecule has 0 saturated carbocycles. The summed E-state index contributed by atoms with van der Waals surface area (Å²) < 4.78 is 5.77. The van der Waals surface area contributed by atoms with Gasteiger partial charge in [-0.15, -0.1) is 0 Å².